The second-order valence-corrected chi connectivity index (χ2v) is 5.68. The molecule has 98 valence electrons. The Morgan fingerprint density at radius 1 is 0.524 bits per heavy atom. The van der Waals surface area contributed by atoms with Crippen LogP contribution >= 0.6 is 0 Å². The topological polar surface area (TPSA) is 26.0 Å². The molecule has 5 aromatic rings. The predicted molar refractivity (Wildman–Crippen MR) is 92.1 cm³/mol. The first-order valence-electron chi connectivity index (χ1n) is 7.18. The summed E-state index contributed by atoms with van der Waals surface area (Å²) in [5, 5.41) is 10.0. The SMILES string of the molecule is Nc1cc2cccc3ccc4cc5ccccc5c1c4c32. The van der Waals surface area contributed by atoms with E-state index in [9.17, 15) is 0 Å². The molecule has 5 rings (SSSR count). The quantitative estimate of drug-likeness (QED) is 0.229. The summed E-state index contributed by atoms with van der Waals surface area (Å²) >= 11 is 0. The van der Waals surface area contributed by atoms with E-state index in [4.69, 9.17) is 5.73 Å². The van der Waals surface area contributed by atoms with E-state index in [-0.39, 0.29) is 0 Å². The van der Waals surface area contributed by atoms with Gasteiger partial charge in [0.05, 0.1) is 0 Å². The molecule has 0 radical (unpaired) electrons. The van der Waals surface area contributed by atoms with E-state index in [0.717, 1.165) is 5.69 Å². The fourth-order valence-corrected chi connectivity index (χ4v) is 3.63. The number of rotatable bonds is 0. The molecule has 0 aliphatic carbocycles. The summed E-state index contributed by atoms with van der Waals surface area (Å²) in [5.74, 6) is 0. The van der Waals surface area contributed by atoms with Crippen LogP contribution in [0.2, 0.25) is 0 Å². The van der Waals surface area contributed by atoms with E-state index >= 15 is 0 Å². The number of fused-ring (bicyclic) bond motifs is 2. The largest absolute Gasteiger partial charge is 0.398 e. The van der Waals surface area contributed by atoms with Gasteiger partial charge in [0.25, 0.3) is 0 Å². The molecule has 0 aromatic heterocycles. The van der Waals surface area contributed by atoms with Gasteiger partial charge in [-0.3, -0.25) is 0 Å². The van der Waals surface area contributed by atoms with Crippen molar-refractivity contribution < 1.29 is 0 Å². The Labute approximate surface area is 121 Å². The van der Waals surface area contributed by atoms with Crippen LogP contribution in [0.3, 0.4) is 0 Å². The van der Waals surface area contributed by atoms with Crippen molar-refractivity contribution in [1.29, 1.82) is 0 Å². The van der Waals surface area contributed by atoms with Crippen molar-refractivity contribution in [2.45, 2.75) is 0 Å². The minimum absolute atomic E-state index is 0.864. The smallest absolute Gasteiger partial charge is 0.0406 e. The molecule has 0 fully saturated rings. The Hall–Kier alpha value is -2.80. The zero-order valence-corrected chi connectivity index (χ0v) is 11.4. The van der Waals surface area contributed by atoms with E-state index in [2.05, 4.69) is 66.7 Å². The zero-order chi connectivity index (χ0) is 14.0. The molecule has 0 heterocycles. The lowest BCUT2D eigenvalue weighted by atomic mass is 9.90. The highest BCUT2D eigenvalue weighted by molar-refractivity contribution is 6.31. The first-order valence-corrected chi connectivity index (χ1v) is 7.18. The van der Waals surface area contributed by atoms with Gasteiger partial charge < -0.3 is 5.73 Å². The van der Waals surface area contributed by atoms with Crippen molar-refractivity contribution in [3.63, 3.8) is 0 Å². The molecule has 0 atom stereocenters. The Kier molecular flexibility index (Phi) is 1.90. The molecule has 0 spiro atoms. The molecule has 0 saturated carbocycles. The van der Waals surface area contributed by atoms with E-state index < -0.39 is 0 Å². The third-order valence-electron chi connectivity index (χ3n) is 4.50. The van der Waals surface area contributed by atoms with Crippen LogP contribution in [0.4, 0.5) is 5.69 Å². The van der Waals surface area contributed by atoms with E-state index in [1.54, 1.807) is 0 Å². The van der Waals surface area contributed by atoms with Crippen molar-refractivity contribution in [1.82, 2.24) is 0 Å². The van der Waals surface area contributed by atoms with Crippen molar-refractivity contribution in [2.75, 3.05) is 5.73 Å². The second kappa shape index (κ2) is 3.64. The summed E-state index contributed by atoms with van der Waals surface area (Å²) < 4.78 is 0. The molecule has 1 heteroatoms. The molecule has 5 aromatic carbocycles. The molecule has 21 heavy (non-hydrogen) atoms. The molecule has 0 unspecified atom stereocenters. The molecular formula is C20H13N. The fourth-order valence-electron chi connectivity index (χ4n) is 3.63. The van der Waals surface area contributed by atoms with Gasteiger partial charge in [-0.15, -0.1) is 0 Å². The molecule has 1 nitrogen and oxygen atoms in total. The van der Waals surface area contributed by atoms with Crippen LogP contribution in [0, 0.1) is 0 Å². The Bertz CT molecular complexity index is 1140. The Morgan fingerprint density at radius 3 is 2.19 bits per heavy atom. The maximum absolute atomic E-state index is 6.41. The molecule has 0 aliphatic rings. The minimum atomic E-state index is 0.864. The summed E-state index contributed by atoms with van der Waals surface area (Å²) in [5.41, 5.74) is 7.27. The van der Waals surface area contributed by atoms with Gasteiger partial charge >= 0.3 is 0 Å². The molecular weight excluding hydrogens is 254 g/mol. The van der Waals surface area contributed by atoms with Gasteiger partial charge in [0.2, 0.25) is 0 Å². The fraction of sp³-hybridized carbons (Fsp3) is 0. The summed E-state index contributed by atoms with van der Waals surface area (Å²) in [7, 11) is 0. The molecule has 0 bridgehead atoms. The highest BCUT2D eigenvalue weighted by atomic mass is 14.6. The van der Waals surface area contributed by atoms with Gasteiger partial charge in [-0.2, -0.15) is 0 Å². The highest BCUT2D eigenvalue weighted by Crippen LogP contribution is 2.41. The Morgan fingerprint density at radius 2 is 1.24 bits per heavy atom. The second-order valence-electron chi connectivity index (χ2n) is 5.68. The maximum atomic E-state index is 6.41. The van der Waals surface area contributed by atoms with Crippen LogP contribution in [-0.4, -0.2) is 0 Å². The van der Waals surface area contributed by atoms with Crippen molar-refractivity contribution in [2.24, 2.45) is 0 Å². The number of nitrogen functional groups attached to an aromatic ring is 1. The summed E-state index contributed by atoms with van der Waals surface area (Å²) in [4.78, 5) is 0. The predicted octanol–water partition coefficient (Wildman–Crippen LogP) is 5.32. The minimum Gasteiger partial charge on any atom is -0.398 e. The lowest BCUT2D eigenvalue weighted by Crippen LogP contribution is -1.92. The number of benzene rings is 5. The van der Waals surface area contributed by atoms with Crippen LogP contribution < -0.4 is 5.73 Å². The van der Waals surface area contributed by atoms with Crippen molar-refractivity contribution in [3.8, 4) is 0 Å². The van der Waals surface area contributed by atoms with E-state index in [0.29, 0.717) is 0 Å². The van der Waals surface area contributed by atoms with Gasteiger partial charge in [0.15, 0.2) is 0 Å². The van der Waals surface area contributed by atoms with Gasteiger partial charge in [-0.1, -0.05) is 54.6 Å². The van der Waals surface area contributed by atoms with Gasteiger partial charge in [-0.05, 0) is 44.5 Å². The van der Waals surface area contributed by atoms with Crippen LogP contribution in [0.5, 0.6) is 0 Å². The van der Waals surface area contributed by atoms with Crippen LogP contribution in [0.1, 0.15) is 0 Å². The molecule has 0 aliphatic heterocycles. The summed E-state index contributed by atoms with van der Waals surface area (Å²) in [6.45, 7) is 0. The lowest BCUT2D eigenvalue weighted by molar-refractivity contribution is 1.77. The number of anilines is 1. The highest BCUT2D eigenvalue weighted by Gasteiger charge is 2.13. The van der Waals surface area contributed by atoms with E-state index in [1.807, 2.05) is 0 Å². The van der Waals surface area contributed by atoms with E-state index in [1.165, 1.54) is 43.1 Å². The van der Waals surface area contributed by atoms with Crippen LogP contribution in [-0.2, 0) is 0 Å². The summed E-state index contributed by atoms with van der Waals surface area (Å²) in [6, 6.07) is 23.7. The molecule has 0 saturated heterocycles. The third-order valence-corrected chi connectivity index (χ3v) is 4.50. The first kappa shape index (κ1) is 10.9. The lowest BCUT2D eigenvalue weighted by Gasteiger charge is -2.15. The number of hydrogen-bond donors (Lipinski definition) is 1. The standard InChI is InChI=1S/C20H13N/c21-17-11-14-6-3-5-12-8-9-15-10-13-4-1-2-7-16(13)20(17)19(15)18(12)14/h1-11H,21H2. The third kappa shape index (κ3) is 1.30. The molecule has 0 amide bonds. The van der Waals surface area contributed by atoms with Gasteiger partial charge in [0, 0.05) is 16.5 Å². The maximum Gasteiger partial charge on any atom is 0.0406 e. The number of nitrogens with two attached hydrogens (primary N) is 1. The average Bonchev–Trinajstić information content (AvgIpc) is 2.52. The van der Waals surface area contributed by atoms with Gasteiger partial charge in [0.1, 0.15) is 0 Å². The van der Waals surface area contributed by atoms with Crippen molar-refractivity contribution >= 4 is 48.8 Å². The average molecular weight is 267 g/mol. The first-order chi connectivity index (χ1) is 10.3. The monoisotopic (exact) mass is 267 g/mol. The normalized spacial score (nSPS) is 12.0. The summed E-state index contributed by atoms with van der Waals surface area (Å²) in [6.07, 6.45) is 0. The molecule has 2 N–H and O–H groups in total. The zero-order valence-electron chi connectivity index (χ0n) is 11.4. The van der Waals surface area contributed by atoms with Crippen LogP contribution in [0.15, 0.2) is 66.7 Å². The van der Waals surface area contributed by atoms with Crippen LogP contribution in [0.25, 0.3) is 43.1 Å². The Balaban J connectivity index is 2.26. The number of hydrogen-bond acceptors (Lipinski definition) is 1. The van der Waals surface area contributed by atoms with Gasteiger partial charge in [-0.25, -0.2) is 0 Å². The van der Waals surface area contributed by atoms with Crippen molar-refractivity contribution in [3.05, 3.63) is 66.7 Å².